The average molecular weight is 347 g/mol. The van der Waals surface area contributed by atoms with Crippen LogP contribution in [0.25, 0.3) is 5.69 Å². The maximum Gasteiger partial charge on any atom is 0.150 e. The first kappa shape index (κ1) is 17.2. The molecular weight excluding hydrogens is 322 g/mol. The zero-order valence-corrected chi connectivity index (χ0v) is 15.4. The second kappa shape index (κ2) is 6.69. The molecule has 130 valence electrons. The summed E-state index contributed by atoms with van der Waals surface area (Å²) in [7, 11) is -0.728. The number of benzene rings is 1. The van der Waals surface area contributed by atoms with Crippen LogP contribution in [0.5, 0.6) is 0 Å². The lowest BCUT2D eigenvalue weighted by Crippen LogP contribution is -2.38. The number of hydrogen-bond donors (Lipinski definition) is 0. The zero-order valence-electron chi connectivity index (χ0n) is 14.6. The molecule has 6 heteroatoms. The van der Waals surface area contributed by atoms with Gasteiger partial charge in [-0.05, 0) is 62.6 Å². The molecule has 0 N–H and O–H groups in total. The van der Waals surface area contributed by atoms with Crippen LogP contribution in [0.2, 0.25) is 0 Å². The van der Waals surface area contributed by atoms with E-state index in [2.05, 4.69) is 43.0 Å². The van der Waals surface area contributed by atoms with Crippen molar-refractivity contribution in [3.05, 3.63) is 47.3 Å². The molecule has 1 fully saturated rings. The summed E-state index contributed by atoms with van der Waals surface area (Å²) < 4.78 is 25.2. The molecule has 2 heterocycles. The maximum absolute atomic E-state index is 11.6. The molecule has 5 nitrogen and oxygen atoms in total. The minimum atomic E-state index is -2.82. The summed E-state index contributed by atoms with van der Waals surface area (Å²) in [5.74, 6) is 0.613. The van der Waals surface area contributed by atoms with Gasteiger partial charge in [-0.3, -0.25) is 4.90 Å². The second-order valence-electron chi connectivity index (χ2n) is 6.83. The minimum absolute atomic E-state index is 0.306. The third-order valence-electron chi connectivity index (χ3n) is 4.90. The Hall–Kier alpha value is -1.66. The first-order valence-corrected chi connectivity index (χ1v) is 10.2. The Morgan fingerprint density at radius 3 is 2.58 bits per heavy atom. The van der Waals surface area contributed by atoms with Gasteiger partial charge in [-0.25, -0.2) is 13.1 Å². The molecule has 1 aromatic heterocycles. The topological polar surface area (TPSA) is 55.2 Å². The fraction of sp³-hybridized carbons (Fsp3) is 0.500. The van der Waals surface area contributed by atoms with E-state index < -0.39 is 9.84 Å². The van der Waals surface area contributed by atoms with Gasteiger partial charge in [0.25, 0.3) is 0 Å². The van der Waals surface area contributed by atoms with Gasteiger partial charge in [0.2, 0.25) is 0 Å². The quantitative estimate of drug-likeness (QED) is 0.853. The molecule has 0 amide bonds. The predicted octanol–water partition coefficient (Wildman–Crippen LogP) is 2.50. The highest BCUT2D eigenvalue weighted by atomic mass is 32.2. The number of aryl methyl sites for hydroxylation is 2. The van der Waals surface area contributed by atoms with Crippen molar-refractivity contribution in [2.75, 3.05) is 18.6 Å². The van der Waals surface area contributed by atoms with Crippen molar-refractivity contribution in [2.45, 2.75) is 39.3 Å². The summed E-state index contributed by atoms with van der Waals surface area (Å²) in [6, 6.07) is 6.60. The largest absolute Gasteiger partial charge is 0.299 e. The predicted molar refractivity (Wildman–Crippen MR) is 96.2 cm³/mol. The Bertz CT molecular complexity index is 799. The highest BCUT2D eigenvalue weighted by Gasteiger charge is 2.27. The fourth-order valence-electron chi connectivity index (χ4n) is 3.49. The molecule has 1 aromatic carbocycles. The number of rotatable bonds is 4. The Morgan fingerprint density at radius 1 is 1.25 bits per heavy atom. The van der Waals surface area contributed by atoms with Crippen LogP contribution >= 0.6 is 0 Å². The van der Waals surface area contributed by atoms with Crippen LogP contribution in [0.3, 0.4) is 0 Å². The second-order valence-corrected chi connectivity index (χ2v) is 9.13. The van der Waals surface area contributed by atoms with Gasteiger partial charge in [-0.15, -0.1) is 0 Å². The van der Waals surface area contributed by atoms with Gasteiger partial charge >= 0.3 is 0 Å². The van der Waals surface area contributed by atoms with Gasteiger partial charge in [0.05, 0.1) is 17.2 Å². The van der Waals surface area contributed by atoms with Crippen molar-refractivity contribution in [1.82, 2.24) is 14.7 Å². The van der Waals surface area contributed by atoms with Gasteiger partial charge in [0.15, 0.2) is 0 Å². The molecule has 0 aliphatic carbocycles. The smallest absolute Gasteiger partial charge is 0.150 e. The highest BCUT2D eigenvalue weighted by Crippen LogP contribution is 2.25. The monoisotopic (exact) mass is 347 g/mol. The summed E-state index contributed by atoms with van der Waals surface area (Å²) >= 11 is 0. The van der Waals surface area contributed by atoms with Crippen LogP contribution < -0.4 is 0 Å². The molecule has 0 radical (unpaired) electrons. The minimum Gasteiger partial charge on any atom is -0.299 e. The van der Waals surface area contributed by atoms with E-state index >= 15 is 0 Å². The van der Waals surface area contributed by atoms with Crippen LogP contribution in [-0.4, -0.2) is 47.7 Å². The van der Waals surface area contributed by atoms with Crippen molar-refractivity contribution in [1.29, 1.82) is 0 Å². The van der Waals surface area contributed by atoms with Crippen molar-refractivity contribution in [2.24, 2.45) is 0 Å². The summed E-state index contributed by atoms with van der Waals surface area (Å²) in [4.78, 5) is 2.29. The molecule has 0 bridgehead atoms. The van der Waals surface area contributed by atoms with Gasteiger partial charge < -0.3 is 0 Å². The van der Waals surface area contributed by atoms with E-state index in [9.17, 15) is 8.42 Å². The normalized spacial score (nSPS) is 18.2. The Morgan fingerprint density at radius 2 is 1.96 bits per heavy atom. The molecule has 0 unspecified atom stereocenters. The number of sulfone groups is 1. The molecule has 1 aliphatic rings. The lowest BCUT2D eigenvalue weighted by Gasteiger charge is -2.32. The molecule has 24 heavy (non-hydrogen) atoms. The van der Waals surface area contributed by atoms with Crippen LogP contribution in [0.15, 0.2) is 30.6 Å². The van der Waals surface area contributed by atoms with Crippen molar-refractivity contribution >= 4 is 9.84 Å². The standard InChI is InChI=1S/C18H25N3O2S/c1-14-11-15(2)17(18(12-14)21-8-4-7-19-21)13-20(3)16-5-9-24(22,23)10-6-16/h4,7-8,11-12,16H,5-6,9-10,13H2,1-3H3. The van der Waals surface area contributed by atoms with E-state index in [1.54, 1.807) is 6.20 Å². The SMILES string of the molecule is Cc1cc(C)c(CN(C)C2CCS(=O)(=O)CC2)c(-n2cccn2)c1. The van der Waals surface area contributed by atoms with E-state index in [1.807, 2.05) is 16.9 Å². The lowest BCUT2D eigenvalue weighted by molar-refractivity contribution is 0.218. The third kappa shape index (κ3) is 3.70. The Balaban J connectivity index is 1.84. The maximum atomic E-state index is 11.6. The van der Waals surface area contributed by atoms with E-state index in [0.29, 0.717) is 17.5 Å². The molecule has 2 aromatic rings. The van der Waals surface area contributed by atoms with Gasteiger partial charge in [-0.1, -0.05) is 6.07 Å². The lowest BCUT2D eigenvalue weighted by atomic mass is 10.0. The van der Waals surface area contributed by atoms with E-state index in [0.717, 1.165) is 25.1 Å². The van der Waals surface area contributed by atoms with Crippen LogP contribution in [0, 0.1) is 13.8 Å². The van der Waals surface area contributed by atoms with Gasteiger partial charge in [0.1, 0.15) is 9.84 Å². The highest BCUT2D eigenvalue weighted by molar-refractivity contribution is 7.91. The van der Waals surface area contributed by atoms with Crippen molar-refractivity contribution in [3.8, 4) is 5.69 Å². The molecule has 1 saturated heterocycles. The number of aromatic nitrogens is 2. The van der Waals surface area contributed by atoms with E-state index in [4.69, 9.17) is 0 Å². The first-order chi connectivity index (χ1) is 11.4. The molecule has 1 aliphatic heterocycles. The Kier molecular flexibility index (Phi) is 4.78. The van der Waals surface area contributed by atoms with E-state index in [-0.39, 0.29) is 0 Å². The Labute approximate surface area is 144 Å². The molecule has 3 rings (SSSR count). The molecule has 0 saturated carbocycles. The van der Waals surface area contributed by atoms with Crippen LogP contribution in [0.4, 0.5) is 0 Å². The van der Waals surface area contributed by atoms with Crippen LogP contribution in [-0.2, 0) is 16.4 Å². The fourth-order valence-corrected chi connectivity index (χ4v) is 4.96. The molecule has 0 spiro atoms. The molecular formula is C18H25N3O2S. The summed E-state index contributed by atoms with van der Waals surface area (Å²) in [5.41, 5.74) is 4.82. The van der Waals surface area contributed by atoms with Crippen molar-refractivity contribution in [3.63, 3.8) is 0 Å². The zero-order chi connectivity index (χ0) is 17.3. The first-order valence-electron chi connectivity index (χ1n) is 8.36. The van der Waals surface area contributed by atoms with Gasteiger partial charge in [-0.2, -0.15) is 5.10 Å². The average Bonchev–Trinajstić information content (AvgIpc) is 3.03. The summed E-state index contributed by atoms with van der Waals surface area (Å²) in [6.07, 6.45) is 5.20. The van der Waals surface area contributed by atoms with E-state index in [1.165, 1.54) is 16.7 Å². The van der Waals surface area contributed by atoms with Crippen molar-refractivity contribution < 1.29 is 8.42 Å². The van der Waals surface area contributed by atoms with Gasteiger partial charge in [0, 0.05) is 25.0 Å². The van der Waals surface area contributed by atoms with Crippen LogP contribution in [0.1, 0.15) is 29.5 Å². The number of hydrogen-bond acceptors (Lipinski definition) is 4. The number of nitrogens with zero attached hydrogens (tertiary/aromatic N) is 3. The summed E-state index contributed by atoms with van der Waals surface area (Å²) in [6.45, 7) is 5.03. The third-order valence-corrected chi connectivity index (χ3v) is 6.62. The summed E-state index contributed by atoms with van der Waals surface area (Å²) in [5, 5.41) is 4.39. The molecule has 0 atom stereocenters.